The number of imidazole rings is 1. The second kappa shape index (κ2) is 10.4. The molecule has 12 heteroatoms. The van der Waals surface area contributed by atoms with Gasteiger partial charge in [-0.25, -0.2) is 9.97 Å². The summed E-state index contributed by atoms with van der Waals surface area (Å²) >= 11 is 0. The van der Waals surface area contributed by atoms with Gasteiger partial charge in [0.2, 0.25) is 0 Å². The molecule has 3 aromatic heterocycles. The quantitative estimate of drug-likeness (QED) is 0.297. The van der Waals surface area contributed by atoms with Gasteiger partial charge in [-0.1, -0.05) is 0 Å². The summed E-state index contributed by atoms with van der Waals surface area (Å²) in [6, 6.07) is 10.2. The number of methoxy groups -OCH3 is 1. The fourth-order valence-corrected chi connectivity index (χ4v) is 8.40. The highest BCUT2D eigenvalue weighted by Gasteiger charge is 2.47. The molecule has 1 amide bonds. The lowest BCUT2D eigenvalue weighted by molar-refractivity contribution is -0.123. The van der Waals surface area contributed by atoms with E-state index in [1.165, 1.54) is 12.8 Å². The summed E-state index contributed by atoms with van der Waals surface area (Å²) in [6.45, 7) is 4.26. The molecule has 6 radical (unpaired) electrons. The Morgan fingerprint density at radius 2 is 1.87 bits per heavy atom. The molecule has 3 atom stereocenters. The maximum atomic E-state index is 13.9. The molecule has 1 saturated heterocycles. The molecule has 2 N–H and O–H groups in total. The standard InChI is InChI=1S/C33H37B3N6O3/c1-32(45-33(34,35)36)13-19(14-32)16-42-28-23(10-22(12-26(28)44-2)31(43)41-17-21-7-8-24(41)27(21)37)39-30(42)25-11-20-4-3-9-38-29(20)40(25)15-18-5-6-18/h3-4,9-12,18-19,21,24,27H,5-8,13-17,37H2,1-2H3/t19?,21-,24?,27?,32?/m1/s1. The maximum Gasteiger partial charge on any atom is 0.254 e. The van der Waals surface area contributed by atoms with Crippen LogP contribution < -0.4 is 10.5 Å². The van der Waals surface area contributed by atoms with E-state index in [1.807, 2.05) is 36.2 Å². The molecular formula is C33H37B3N6O3. The third kappa shape index (κ3) is 5.08. The van der Waals surface area contributed by atoms with Crippen molar-refractivity contribution in [2.45, 2.75) is 81.5 Å². The van der Waals surface area contributed by atoms with Gasteiger partial charge < -0.3 is 29.2 Å². The molecule has 9 nitrogen and oxygen atoms in total. The van der Waals surface area contributed by atoms with Gasteiger partial charge >= 0.3 is 0 Å². The van der Waals surface area contributed by atoms with Crippen molar-refractivity contribution in [3.63, 3.8) is 0 Å². The van der Waals surface area contributed by atoms with Gasteiger partial charge in [-0.15, -0.1) is 0 Å². The lowest BCUT2D eigenvalue weighted by Gasteiger charge is -2.49. The van der Waals surface area contributed by atoms with Crippen molar-refractivity contribution in [3.05, 3.63) is 42.1 Å². The highest BCUT2D eigenvalue weighted by atomic mass is 16.5. The van der Waals surface area contributed by atoms with Crippen LogP contribution in [0.5, 0.6) is 5.75 Å². The van der Waals surface area contributed by atoms with E-state index in [-0.39, 0.29) is 23.9 Å². The minimum atomic E-state index is -1.69. The van der Waals surface area contributed by atoms with Crippen molar-refractivity contribution in [1.82, 2.24) is 24.0 Å². The monoisotopic (exact) mass is 598 g/mol. The number of amides is 1. The Morgan fingerprint density at radius 1 is 1.09 bits per heavy atom. The van der Waals surface area contributed by atoms with E-state index < -0.39 is 10.9 Å². The van der Waals surface area contributed by atoms with Gasteiger partial charge in [-0.2, -0.15) is 0 Å². The molecule has 4 heterocycles. The van der Waals surface area contributed by atoms with Crippen molar-refractivity contribution in [3.8, 4) is 17.3 Å². The first kappa shape index (κ1) is 29.2. The average molecular weight is 598 g/mol. The number of carbonyl (C=O) groups is 1. The molecule has 4 aliphatic rings. The molecule has 0 spiro atoms. The van der Waals surface area contributed by atoms with Crippen LogP contribution in [-0.4, -0.2) is 90.1 Å². The smallest absolute Gasteiger partial charge is 0.254 e. The summed E-state index contributed by atoms with van der Waals surface area (Å²) in [5, 5.41) is -0.612. The first-order valence-electron chi connectivity index (χ1n) is 16.2. The van der Waals surface area contributed by atoms with Crippen LogP contribution in [0.3, 0.4) is 0 Å². The number of aromatic nitrogens is 4. The van der Waals surface area contributed by atoms with E-state index in [2.05, 4.69) is 21.3 Å². The average Bonchev–Trinajstić information content (AvgIpc) is 3.34. The molecule has 3 aliphatic carbocycles. The van der Waals surface area contributed by atoms with Crippen LogP contribution in [0.25, 0.3) is 33.6 Å². The number of pyridine rings is 1. The predicted octanol–water partition coefficient (Wildman–Crippen LogP) is 3.34. The van der Waals surface area contributed by atoms with Crippen LogP contribution in [-0.2, 0) is 17.8 Å². The van der Waals surface area contributed by atoms with Crippen LogP contribution in [0.4, 0.5) is 0 Å². The first-order chi connectivity index (χ1) is 21.5. The minimum Gasteiger partial charge on any atom is -0.494 e. The Balaban J connectivity index is 1.23. The molecule has 4 aromatic rings. The number of ether oxygens (including phenoxy) is 2. The number of piperidine rings is 1. The van der Waals surface area contributed by atoms with Crippen molar-refractivity contribution >= 4 is 51.5 Å². The number of hydrogen-bond acceptors (Lipinski definition) is 6. The van der Waals surface area contributed by atoms with Crippen molar-refractivity contribution in [2.24, 2.45) is 23.5 Å². The molecule has 45 heavy (non-hydrogen) atoms. The number of fused-ring (bicyclic) bond motifs is 4. The third-order valence-corrected chi connectivity index (χ3v) is 10.5. The van der Waals surface area contributed by atoms with E-state index in [9.17, 15) is 4.79 Å². The van der Waals surface area contributed by atoms with Gasteiger partial charge in [-0.05, 0) is 98.8 Å². The Hall–Kier alpha value is -3.24. The lowest BCUT2D eigenvalue weighted by Crippen LogP contribution is -2.52. The summed E-state index contributed by atoms with van der Waals surface area (Å²) in [6.07, 6.45) is 7.80. The van der Waals surface area contributed by atoms with Crippen molar-refractivity contribution in [2.75, 3.05) is 13.7 Å². The maximum absolute atomic E-state index is 13.9. The Labute approximate surface area is 267 Å². The van der Waals surface area contributed by atoms with E-state index in [0.717, 1.165) is 65.8 Å². The number of benzene rings is 1. The van der Waals surface area contributed by atoms with Gasteiger partial charge in [0.25, 0.3) is 5.91 Å². The zero-order valence-corrected chi connectivity index (χ0v) is 26.0. The Morgan fingerprint density at radius 3 is 2.53 bits per heavy atom. The summed E-state index contributed by atoms with van der Waals surface area (Å²) in [7, 11) is 19.0. The van der Waals surface area contributed by atoms with Gasteiger partial charge in [0.15, 0.2) is 5.82 Å². The summed E-state index contributed by atoms with van der Waals surface area (Å²) < 4.78 is 16.4. The lowest BCUT2D eigenvalue weighted by atomic mass is 9.51. The molecular weight excluding hydrogens is 561 g/mol. The largest absolute Gasteiger partial charge is 0.494 e. The normalized spacial score (nSPS) is 27.8. The summed E-state index contributed by atoms with van der Waals surface area (Å²) in [5.41, 5.74) is 10.1. The van der Waals surface area contributed by atoms with Crippen molar-refractivity contribution < 1.29 is 14.3 Å². The van der Waals surface area contributed by atoms with Crippen molar-refractivity contribution in [1.29, 1.82) is 0 Å². The van der Waals surface area contributed by atoms with Gasteiger partial charge in [0.1, 0.15) is 16.9 Å². The molecule has 2 unspecified atom stereocenters. The molecule has 4 fully saturated rings. The number of rotatable bonds is 9. The molecule has 2 bridgehead atoms. The highest BCUT2D eigenvalue weighted by molar-refractivity contribution is 6.58. The van der Waals surface area contributed by atoms with Crippen LogP contribution in [0.1, 0.15) is 55.8 Å². The highest BCUT2D eigenvalue weighted by Crippen LogP contribution is 2.45. The Kier molecular flexibility index (Phi) is 6.74. The SMILES string of the molecule is [B]C([B])([B])OC1(C)CC(Cn2c(-c3cc4cccnc4n3CC3CC3)nc3cc(C(=O)N4C[C@H]5CCC4C5N)cc(OC)c32)C1. The summed E-state index contributed by atoms with van der Waals surface area (Å²) in [4.78, 5) is 25.9. The number of carbonyl (C=O) groups excluding carboxylic acids is 1. The van der Waals surface area contributed by atoms with Gasteiger partial charge in [-0.3, -0.25) is 4.79 Å². The van der Waals surface area contributed by atoms with Gasteiger partial charge in [0.05, 0.1) is 47.5 Å². The van der Waals surface area contributed by atoms with Gasteiger partial charge in [0, 0.05) is 48.9 Å². The second-order valence-corrected chi connectivity index (χ2v) is 14.2. The zero-order valence-electron chi connectivity index (χ0n) is 26.0. The van der Waals surface area contributed by atoms with E-state index in [1.54, 1.807) is 7.11 Å². The number of hydrogen-bond donors (Lipinski definition) is 1. The van der Waals surface area contributed by atoms with E-state index >= 15 is 0 Å². The molecule has 8 rings (SSSR count). The fraction of sp³-hybridized carbons (Fsp3) is 0.545. The van der Waals surface area contributed by atoms with Crippen LogP contribution >= 0.6 is 0 Å². The number of nitrogens with two attached hydrogens (primary N) is 1. The fourth-order valence-electron chi connectivity index (χ4n) is 8.40. The summed E-state index contributed by atoms with van der Waals surface area (Å²) in [5.74, 6) is 2.71. The predicted molar refractivity (Wildman–Crippen MR) is 175 cm³/mol. The van der Waals surface area contributed by atoms with Crippen LogP contribution in [0.15, 0.2) is 36.5 Å². The van der Waals surface area contributed by atoms with E-state index in [0.29, 0.717) is 36.2 Å². The zero-order chi connectivity index (χ0) is 31.2. The topological polar surface area (TPSA) is 100 Å². The van der Waals surface area contributed by atoms with Crippen LogP contribution in [0.2, 0.25) is 0 Å². The first-order valence-corrected chi connectivity index (χ1v) is 16.2. The van der Waals surface area contributed by atoms with Crippen LogP contribution in [0, 0.1) is 17.8 Å². The molecule has 1 aromatic carbocycles. The Bertz CT molecular complexity index is 1800. The third-order valence-electron chi connectivity index (χ3n) is 10.5. The molecule has 1 aliphatic heterocycles. The number of nitrogens with zero attached hydrogens (tertiary/aromatic N) is 5. The number of likely N-dealkylation sites (tertiary alicyclic amines) is 1. The molecule has 3 saturated carbocycles. The minimum absolute atomic E-state index is 0.0123. The van der Waals surface area contributed by atoms with E-state index in [4.69, 9.17) is 48.7 Å². The molecule has 226 valence electrons. The second-order valence-electron chi connectivity index (χ2n) is 14.2.